The van der Waals surface area contributed by atoms with E-state index in [0.717, 1.165) is 0 Å². The highest BCUT2D eigenvalue weighted by atomic mass is 79.9. The molecule has 2 aromatic rings. The van der Waals surface area contributed by atoms with E-state index in [1.165, 1.54) is 11.0 Å². The van der Waals surface area contributed by atoms with Gasteiger partial charge in [-0.2, -0.15) is 0 Å². The van der Waals surface area contributed by atoms with Crippen LogP contribution < -0.4 is 9.64 Å². The lowest BCUT2D eigenvalue weighted by Gasteiger charge is -2.13. The standard InChI is InChI=1S/C20H18BrNO5/c1-2-26-18-11-13(10-16(21)19(18)24)6-7-17(23)14-4-3-5-15(12-14)22-8-9-27-20(22)25/h3-7,10-12,24H,2,8-9H2,1H3/b7-6+. The number of rotatable bonds is 6. The summed E-state index contributed by atoms with van der Waals surface area (Å²) >= 11 is 3.27. The normalized spacial score (nSPS) is 13.9. The predicted molar refractivity (Wildman–Crippen MR) is 105 cm³/mol. The summed E-state index contributed by atoms with van der Waals surface area (Å²) in [5, 5.41) is 9.96. The number of halogens is 1. The highest BCUT2D eigenvalue weighted by molar-refractivity contribution is 9.10. The summed E-state index contributed by atoms with van der Waals surface area (Å²) in [6.07, 6.45) is 2.68. The lowest BCUT2D eigenvalue weighted by molar-refractivity contribution is 0.104. The number of anilines is 1. The van der Waals surface area contributed by atoms with E-state index in [4.69, 9.17) is 9.47 Å². The van der Waals surface area contributed by atoms with Crippen molar-refractivity contribution in [3.8, 4) is 11.5 Å². The molecule has 1 N–H and O–H groups in total. The number of aromatic hydroxyl groups is 1. The number of hydrogen-bond acceptors (Lipinski definition) is 5. The van der Waals surface area contributed by atoms with Crippen LogP contribution in [0, 0.1) is 0 Å². The van der Waals surface area contributed by atoms with Crippen LogP contribution in [0.25, 0.3) is 6.08 Å². The molecule has 1 heterocycles. The van der Waals surface area contributed by atoms with E-state index in [1.54, 1.807) is 42.5 Å². The number of ether oxygens (including phenoxy) is 2. The molecule has 1 saturated heterocycles. The van der Waals surface area contributed by atoms with Crippen molar-refractivity contribution < 1.29 is 24.2 Å². The molecule has 0 unspecified atom stereocenters. The summed E-state index contributed by atoms with van der Waals surface area (Å²) in [4.78, 5) is 25.7. The molecule has 27 heavy (non-hydrogen) atoms. The Morgan fingerprint density at radius 2 is 2.19 bits per heavy atom. The number of amides is 1. The summed E-state index contributed by atoms with van der Waals surface area (Å²) in [5.41, 5.74) is 1.80. The molecule has 0 atom stereocenters. The van der Waals surface area contributed by atoms with E-state index < -0.39 is 6.09 Å². The van der Waals surface area contributed by atoms with Gasteiger partial charge in [0.05, 0.1) is 17.6 Å². The van der Waals surface area contributed by atoms with Gasteiger partial charge in [0.2, 0.25) is 0 Å². The molecule has 1 aliphatic rings. The largest absolute Gasteiger partial charge is 0.503 e. The first-order valence-electron chi connectivity index (χ1n) is 8.41. The number of allylic oxidation sites excluding steroid dienone is 1. The van der Waals surface area contributed by atoms with Gasteiger partial charge in [0.25, 0.3) is 0 Å². The highest BCUT2D eigenvalue weighted by Crippen LogP contribution is 2.35. The van der Waals surface area contributed by atoms with E-state index in [-0.39, 0.29) is 11.5 Å². The van der Waals surface area contributed by atoms with Crippen molar-refractivity contribution in [2.24, 2.45) is 0 Å². The number of benzene rings is 2. The average Bonchev–Trinajstić information content (AvgIpc) is 3.10. The van der Waals surface area contributed by atoms with Gasteiger partial charge in [-0.3, -0.25) is 9.69 Å². The Bertz CT molecular complexity index is 909. The fraction of sp³-hybridized carbons (Fsp3) is 0.200. The van der Waals surface area contributed by atoms with E-state index in [9.17, 15) is 14.7 Å². The van der Waals surface area contributed by atoms with Gasteiger partial charge in [-0.05, 0) is 58.8 Å². The Balaban J connectivity index is 1.80. The first-order chi connectivity index (χ1) is 13.0. The van der Waals surface area contributed by atoms with Crippen molar-refractivity contribution >= 4 is 39.6 Å². The van der Waals surface area contributed by atoms with Gasteiger partial charge < -0.3 is 14.6 Å². The van der Waals surface area contributed by atoms with Crippen LogP contribution in [0.2, 0.25) is 0 Å². The number of hydrogen-bond donors (Lipinski definition) is 1. The van der Waals surface area contributed by atoms with Crippen LogP contribution >= 0.6 is 15.9 Å². The van der Waals surface area contributed by atoms with Crippen LogP contribution in [0.15, 0.2) is 46.9 Å². The summed E-state index contributed by atoms with van der Waals surface area (Å²) in [6, 6.07) is 10.2. The van der Waals surface area contributed by atoms with E-state index in [1.807, 2.05) is 6.92 Å². The zero-order valence-electron chi connectivity index (χ0n) is 14.6. The third kappa shape index (κ3) is 4.31. The van der Waals surface area contributed by atoms with Crippen molar-refractivity contribution in [2.75, 3.05) is 24.7 Å². The quantitative estimate of drug-likeness (QED) is 0.541. The average molecular weight is 432 g/mol. The Hall–Kier alpha value is -2.80. The zero-order valence-corrected chi connectivity index (χ0v) is 16.2. The van der Waals surface area contributed by atoms with Crippen LogP contribution in [0.3, 0.4) is 0 Å². The minimum atomic E-state index is -0.410. The predicted octanol–water partition coefficient (Wildman–Crippen LogP) is 4.41. The minimum absolute atomic E-state index is 0.0190. The maximum Gasteiger partial charge on any atom is 0.414 e. The molecule has 0 spiro atoms. The first-order valence-corrected chi connectivity index (χ1v) is 9.21. The number of ketones is 1. The lowest BCUT2D eigenvalue weighted by Crippen LogP contribution is -2.23. The number of phenols is 1. The summed E-state index contributed by atoms with van der Waals surface area (Å²) in [6.45, 7) is 3.04. The molecule has 0 bridgehead atoms. The second kappa shape index (κ2) is 8.26. The van der Waals surface area contributed by atoms with Gasteiger partial charge >= 0.3 is 6.09 Å². The molecule has 7 heteroatoms. The maximum absolute atomic E-state index is 12.5. The second-order valence-electron chi connectivity index (χ2n) is 5.80. The number of carbonyl (C=O) groups excluding carboxylic acids is 2. The van der Waals surface area contributed by atoms with Crippen LogP contribution in [0.4, 0.5) is 10.5 Å². The van der Waals surface area contributed by atoms with E-state index >= 15 is 0 Å². The molecule has 140 valence electrons. The van der Waals surface area contributed by atoms with Gasteiger partial charge in [-0.1, -0.05) is 18.2 Å². The number of carbonyl (C=O) groups is 2. The topological polar surface area (TPSA) is 76.1 Å². The summed E-state index contributed by atoms with van der Waals surface area (Å²) in [5.74, 6) is 0.158. The molecular formula is C20H18BrNO5. The number of phenolic OH excluding ortho intramolecular Hbond substituents is 1. The molecule has 1 amide bonds. The van der Waals surface area contributed by atoms with Gasteiger partial charge in [0, 0.05) is 11.3 Å². The van der Waals surface area contributed by atoms with E-state index in [0.29, 0.717) is 46.8 Å². The van der Waals surface area contributed by atoms with Crippen molar-refractivity contribution in [2.45, 2.75) is 6.92 Å². The van der Waals surface area contributed by atoms with Crippen molar-refractivity contribution in [1.82, 2.24) is 0 Å². The molecule has 1 aliphatic heterocycles. The third-order valence-electron chi connectivity index (χ3n) is 3.98. The fourth-order valence-electron chi connectivity index (χ4n) is 2.68. The van der Waals surface area contributed by atoms with Crippen LogP contribution in [0.1, 0.15) is 22.8 Å². The van der Waals surface area contributed by atoms with Crippen LogP contribution in [0.5, 0.6) is 11.5 Å². The Kier molecular flexibility index (Phi) is 5.81. The molecule has 0 aliphatic carbocycles. The zero-order chi connectivity index (χ0) is 19.4. The van der Waals surface area contributed by atoms with Crippen LogP contribution in [-0.4, -0.2) is 36.7 Å². The third-order valence-corrected chi connectivity index (χ3v) is 4.59. The Morgan fingerprint density at radius 1 is 1.37 bits per heavy atom. The smallest absolute Gasteiger partial charge is 0.414 e. The van der Waals surface area contributed by atoms with Crippen molar-refractivity contribution in [1.29, 1.82) is 0 Å². The van der Waals surface area contributed by atoms with Gasteiger partial charge in [0.15, 0.2) is 17.3 Å². The molecule has 3 rings (SSSR count). The summed E-state index contributed by atoms with van der Waals surface area (Å²) < 4.78 is 10.8. The Morgan fingerprint density at radius 3 is 2.89 bits per heavy atom. The maximum atomic E-state index is 12.5. The first kappa shape index (κ1) is 19.0. The molecule has 0 aromatic heterocycles. The molecule has 1 fully saturated rings. The molecule has 2 aromatic carbocycles. The molecular weight excluding hydrogens is 414 g/mol. The van der Waals surface area contributed by atoms with Gasteiger partial charge in [-0.15, -0.1) is 0 Å². The second-order valence-corrected chi connectivity index (χ2v) is 6.65. The minimum Gasteiger partial charge on any atom is -0.503 e. The van der Waals surface area contributed by atoms with Crippen molar-refractivity contribution in [3.05, 3.63) is 58.1 Å². The van der Waals surface area contributed by atoms with E-state index in [2.05, 4.69) is 15.9 Å². The number of cyclic esters (lactones) is 1. The van der Waals surface area contributed by atoms with Gasteiger partial charge in [0.1, 0.15) is 6.61 Å². The fourth-order valence-corrected chi connectivity index (χ4v) is 3.14. The summed E-state index contributed by atoms with van der Waals surface area (Å²) in [7, 11) is 0. The molecule has 0 radical (unpaired) electrons. The van der Waals surface area contributed by atoms with Crippen molar-refractivity contribution in [3.63, 3.8) is 0 Å². The van der Waals surface area contributed by atoms with Gasteiger partial charge in [-0.25, -0.2) is 4.79 Å². The Labute approximate surface area is 165 Å². The highest BCUT2D eigenvalue weighted by Gasteiger charge is 2.23. The molecule has 6 nitrogen and oxygen atoms in total. The SMILES string of the molecule is CCOc1cc(/C=C/C(=O)c2cccc(N3CCOC3=O)c2)cc(Br)c1O. The molecule has 0 saturated carbocycles. The van der Waals surface area contributed by atoms with Crippen LogP contribution in [-0.2, 0) is 4.74 Å². The monoisotopic (exact) mass is 431 g/mol. The lowest BCUT2D eigenvalue weighted by atomic mass is 10.1. The number of nitrogens with zero attached hydrogens (tertiary/aromatic N) is 1.